The zero-order valence-corrected chi connectivity index (χ0v) is 12.4. The molecule has 0 bridgehead atoms. The van der Waals surface area contributed by atoms with Crippen molar-refractivity contribution in [1.82, 2.24) is 24.9 Å². The number of amides is 1. The Balaban J connectivity index is 2.20. The number of carboxylic acids is 1. The van der Waals surface area contributed by atoms with Crippen molar-refractivity contribution in [3.05, 3.63) is 23.8 Å². The van der Waals surface area contributed by atoms with Gasteiger partial charge in [-0.1, -0.05) is 0 Å². The van der Waals surface area contributed by atoms with E-state index in [1.807, 2.05) is 6.26 Å². The van der Waals surface area contributed by atoms with Gasteiger partial charge >= 0.3 is 5.97 Å². The summed E-state index contributed by atoms with van der Waals surface area (Å²) in [6.07, 6.45) is 4.96. The van der Waals surface area contributed by atoms with E-state index in [1.54, 1.807) is 6.92 Å². The Kier molecular flexibility index (Phi) is 4.73. The van der Waals surface area contributed by atoms with Gasteiger partial charge in [-0.3, -0.25) is 4.79 Å². The van der Waals surface area contributed by atoms with Crippen LogP contribution in [0, 0.1) is 6.92 Å². The van der Waals surface area contributed by atoms with Gasteiger partial charge in [0.25, 0.3) is 11.7 Å². The molecule has 0 aromatic carbocycles. The maximum absolute atomic E-state index is 12.2. The minimum absolute atomic E-state index is 0.281. The summed E-state index contributed by atoms with van der Waals surface area (Å²) in [7, 11) is 0. The molecule has 112 valence electrons. The number of carbonyl (C=O) groups excluding carboxylic acids is 1. The molecule has 21 heavy (non-hydrogen) atoms. The lowest BCUT2D eigenvalue weighted by atomic mass is 10.2. The molecule has 0 unspecified atom stereocenters. The van der Waals surface area contributed by atoms with Crippen LogP contribution in [0.5, 0.6) is 0 Å². The van der Waals surface area contributed by atoms with Crippen LogP contribution >= 0.6 is 11.8 Å². The first-order valence-corrected chi connectivity index (χ1v) is 7.62. The van der Waals surface area contributed by atoms with Crippen LogP contribution < -0.4 is 5.32 Å². The number of carboxylic acid groups (broad SMARTS) is 1. The average molecular weight is 309 g/mol. The maximum atomic E-state index is 12.2. The Morgan fingerprint density at radius 3 is 2.90 bits per heavy atom. The lowest BCUT2D eigenvalue weighted by Gasteiger charge is -2.14. The SMILES string of the molecule is CSCC[C@H](NC(=O)c1cnc2ncnn2c1C)C(=O)O. The van der Waals surface area contributed by atoms with E-state index in [0.717, 1.165) is 0 Å². The summed E-state index contributed by atoms with van der Waals surface area (Å²) < 4.78 is 1.44. The number of rotatable bonds is 6. The van der Waals surface area contributed by atoms with Crippen LogP contribution in [0.3, 0.4) is 0 Å². The summed E-state index contributed by atoms with van der Waals surface area (Å²) in [6.45, 7) is 1.70. The van der Waals surface area contributed by atoms with E-state index in [0.29, 0.717) is 23.6 Å². The molecule has 0 aliphatic heterocycles. The van der Waals surface area contributed by atoms with Gasteiger partial charge in [0.15, 0.2) is 0 Å². The van der Waals surface area contributed by atoms with Crippen molar-refractivity contribution >= 4 is 29.4 Å². The van der Waals surface area contributed by atoms with Crippen LogP contribution in [0.4, 0.5) is 0 Å². The van der Waals surface area contributed by atoms with Crippen molar-refractivity contribution in [2.45, 2.75) is 19.4 Å². The number of nitrogens with one attached hydrogen (secondary N) is 1. The third-order valence-electron chi connectivity index (χ3n) is 3.01. The van der Waals surface area contributed by atoms with Crippen molar-refractivity contribution in [2.75, 3.05) is 12.0 Å². The molecule has 0 fully saturated rings. The molecule has 9 heteroatoms. The van der Waals surface area contributed by atoms with Gasteiger partial charge in [-0.2, -0.15) is 21.8 Å². The zero-order chi connectivity index (χ0) is 15.4. The van der Waals surface area contributed by atoms with Crippen LogP contribution in [0.25, 0.3) is 5.78 Å². The fraction of sp³-hybridized carbons (Fsp3) is 0.417. The molecule has 1 amide bonds. The van der Waals surface area contributed by atoms with Crippen molar-refractivity contribution < 1.29 is 14.7 Å². The fourth-order valence-corrected chi connectivity index (χ4v) is 2.31. The normalized spacial score (nSPS) is 12.3. The smallest absolute Gasteiger partial charge is 0.326 e. The lowest BCUT2D eigenvalue weighted by molar-refractivity contribution is -0.139. The molecule has 2 aromatic heterocycles. The minimum atomic E-state index is -1.05. The second-order valence-corrected chi connectivity index (χ2v) is 5.36. The van der Waals surface area contributed by atoms with Crippen molar-refractivity contribution in [2.24, 2.45) is 0 Å². The van der Waals surface area contributed by atoms with E-state index < -0.39 is 17.9 Å². The number of aliphatic carboxylic acids is 1. The highest BCUT2D eigenvalue weighted by Crippen LogP contribution is 2.09. The van der Waals surface area contributed by atoms with Gasteiger partial charge in [-0.05, 0) is 25.4 Å². The molecule has 0 saturated carbocycles. The van der Waals surface area contributed by atoms with Gasteiger partial charge < -0.3 is 10.4 Å². The van der Waals surface area contributed by atoms with Gasteiger partial charge in [0.2, 0.25) is 0 Å². The summed E-state index contributed by atoms with van der Waals surface area (Å²) in [5.41, 5.74) is 0.840. The topological polar surface area (TPSA) is 109 Å². The largest absolute Gasteiger partial charge is 0.480 e. The molecular formula is C12H15N5O3S. The first-order valence-electron chi connectivity index (χ1n) is 6.22. The molecule has 0 saturated heterocycles. The number of hydrogen-bond donors (Lipinski definition) is 2. The quantitative estimate of drug-likeness (QED) is 0.793. The van der Waals surface area contributed by atoms with Crippen LogP contribution in [0.2, 0.25) is 0 Å². The van der Waals surface area contributed by atoms with Crippen LogP contribution in [0.1, 0.15) is 22.5 Å². The summed E-state index contributed by atoms with van der Waals surface area (Å²) in [4.78, 5) is 31.3. The summed E-state index contributed by atoms with van der Waals surface area (Å²) in [5, 5.41) is 15.6. The van der Waals surface area contributed by atoms with Gasteiger partial charge in [0.1, 0.15) is 12.4 Å². The van der Waals surface area contributed by atoms with Crippen molar-refractivity contribution in [3.63, 3.8) is 0 Å². The predicted molar refractivity (Wildman–Crippen MR) is 77.4 cm³/mol. The first kappa shape index (κ1) is 15.2. The Morgan fingerprint density at radius 2 is 2.24 bits per heavy atom. The van der Waals surface area contributed by atoms with E-state index in [9.17, 15) is 9.59 Å². The first-order chi connectivity index (χ1) is 10.0. The van der Waals surface area contributed by atoms with Crippen molar-refractivity contribution in [3.8, 4) is 0 Å². The Bertz CT molecular complexity index is 672. The molecule has 0 spiro atoms. The Labute approximate surface area is 125 Å². The summed E-state index contributed by atoms with van der Waals surface area (Å²) in [6, 6.07) is -0.921. The highest BCUT2D eigenvalue weighted by molar-refractivity contribution is 7.98. The third-order valence-corrected chi connectivity index (χ3v) is 3.65. The molecule has 1 atom stereocenters. The predicted octanol–water partition coefficient (Wildman–Crippen LogP) is 0.369. The van der Waals surface area contributed by atoms with Gasteiger partial charge in [-0.25, -0.2) is 14.3 Å². The summed E-state index contributed by atoms with van der Waals surface area (Å²) in [5.74, 6) is -0.492. The average Bonchev–Trinajstić information content (AvgIpc) is 2.92. The molecular weight excluding hydrogens is 294 g/mol. The van der Waals surface area contributed by atoms with Crippen LogP contribution in [-0.2, 0) is 4.79 Å². The molecule has 2 aromatic rings. The Hall–Kier alpha value is -2.16. The number of thioether (sulfide) groups is 1. The Morgan fingerprint density at radius 1 is 1.48 bits per heavy atom. The third kappa shape index (κ3) is 3.30. The van der Waals surface area contributed by atoms with Crippen LogP contribution in [-0.4, -0.2) is 54.6 Å². The van der Waals surface area contributed by atoms with Gasteiger partial charge in [0, 0.05) is 6.20 Å². The highest BCUT2D eigenvalue weighted by Gasteiger charge is 2.22. The van der Waals surface area contributed by atoms with Gasteiger partial charge in [-0.15, -0.1) is 0 Å². The fourth-order valence-electron chi connectivity index (χ4n) is 1.84. The highest BCUT2D eigenvalue weighted by atomic mass is 32.2. The number of aromatic nitrogens is 4. The molecule has 0 aliphatic rings. The monoisotopic (exact) mass is 309 g/mol. The van der Waals surface area contributed by atoms with Crippen molar-refractivity contribution in [1.29, 1.82) is 0 Å². The van der Waals surface area contributed by atoms with E-state index in [1.165, 1.54) is 28.8 Å². The molecule has 2 N–H and O–H groups in total. The van der Waals surface area contributed by atoms with E-state index in [-0.39, 0.29) is 5.56 Å². The van der Waals surface area contributed by atoms with Gasteiger partial charge in [0.05, 0.1) is 11.3 Å². The second-order valence-electron chi connectivity index (χ2n) is 4.37. The minimum Gasteiger partial charge on any atom is -0.480 e. The number of carbonyl (C=O) groups is 2. The standard InChI is InChI=1S/C12H15N5O3S/c1-7-8(5-13-12-14-6-15-17(7)12)10(18)16-9(11(19)20)3-4-21-2/h5-6,9H,3-4H2,1-2H3,(H,16,18)(H,19,20)/t9-/m0/s1. The lowest BCUT2D eigenvalue weighted by Crippen LogP contribution is -2.41. The number of hydrogen-bond acceptors (Lipinski definition) is 6. The molecule has 2 rings (SSSR count). The van der Waals surface area contributed by atoms with E-state index in [2.05, 4.69) is 20.4 Å². The number of fused-ring (bicyclic) bond motifs is 1. The molecule has 2 heterocycles. The maximum Gasteiger partial charge on any atom is 0.326 e. The zero-order valence-electron chi connectivity index (χ0n) is 11.6. The molecule has 0 radical (unpaired) electrons. The second kappa shape index (κ2) is 6.53. The van der Waals surface area contributed by atoms with Crippen LogP contribution in [0.15, 0.2) is 12.5 Å². The molecule has 8 nitrogen and oxygen atoms in total. The number of nitrogens with zero attached hydrogens (tertiary/aromatic N) is 4. The van der Waals surface area contributed by atoms with E-state index >= 15 is 0 Å². The van der Waals surface area contributed by atoms with E-state index in [4.69, 9.17) is 5.11 Å². The molecule has 0 aliphatic carbocycles. The number of aryl methyl sites for hydroxylation is 1. The summed E-state index contributed by atoms with van der Waals surface area (Å²) >= 11 is 1.53.